The summed E-state index contributed by atoms with van der Waals surface area (Å²) in [5.41, 5.74) is 12.3. The Bertz CT molecular complexity index is 2930. The molecule has 366 valence electrons. The van der Waals surface area contributed by atoms with E-state index >= 15 is 0 Å². The van der Waals surface area contributed by atoms with Gasteiger partial charge in [-0.1, -0.05) is 123 Å². The van der Waals surface area contributed by atoms with E-state index in [0.29, 0.717) is 6.42 Å². The third-order valence-electron chi connectivity index (χ3n) is 12.0. The number of nitrogens with zero attached hydrogens (tertiary/aromatic N) is 3. The molecule has 0 aliphatic carbocycles. The van der Waals surface area contributed by atoms with E-state index in [2.05, 4.69) is 65.1 Å². The van der Waals surface area contributed by atoms with Crippen molar-refractivity contribution in [1.82, 2.24) is 13.7 Å². The van der Waals surface area contributed by atoms with Gasteiger partial charge in [0.05, 0.1) is 0 Å². The van der Waals surface area contributed by atoms with Crippen molar-refractivity contribution in [3.8, 4) is 101 Å². The smallest absolute Gasteiger partial charge is 0.158 e. The molecule has 0 amide bonds. The van der Waals surface area contributed by atoms with Crippen LogP contribution in [0.4, 0.5) is 0 Å². The highest BCUT2D eigenvalue weighted by Crippen LogP contribution is 2.40. The summed E-state index contributed by atoms with van der Waals surface area (Å²) < 4.78 is 11.8. The second-order valence-corrected chi connectivity index (χ2v) is 17.2. The van der Waals surface area contributed by atoms with Gasteiger partial charge in [-0.15, -0.1) is 0 Å². The number of benzene rings is 6. The van der Waals surface area contributed by atoms with Gasteiger partial charge in [-0.25, -0.2) is 0 Å². The number of aromatic hydroxyl groups is 6. The average Bonchev–Trinajstić information content (AvgIpc) is 4.16. The van der Waals surface area contributed by atoms with Gasteiger partial charge in [0, 0.05) is 110 Å². The molecule has 0 saturated carbocycles. The Labute approximate surface area is 415 Å². The van der Waals surface area contributed by atoms with E-state index in [9.17, 15) is 30.6 Å². The highest BCUT2D eigenvalue weighted by atomic mass is 16.5. The molecule has 0 unspecified atom stereocenters. The lowest BCUT2D eigenvalue weighted by Gasteiger charge is -2.06. The zero-order valence-electron chi connectivity index (χ0n) is 40.3. The van der Waals surface area contributed by atoms with Gasteiger partial charge in [0.1, 0.15) is 0 Å². The van der Waals surface area contributed by atoms with Crippen molar-refractivity contribution in [1.29, 1.82) is 0 Å². The molecule has 71 heavy (non-hydrogen) atoms. The molecule has 6 aromatic carbocycles. The summed E-state index contributed by atoms with van der Waals surface area (Å²) in [5, 5.41) is 67.1. The number of phenols is 6. The van der Waals surface area contributed by atoms with Gasteiger partial charge < -0.3 is 54.2 Å². The van der Waals surface area contributed by atoms with E-state index in [1.807, 2.05) is 103 Å². The van der Waals surface area contributed by atoms with Gasteiger partial charge in [-0.2, -0.15) is 0 Å². The van der Waals surface area contributed by atoms with Crippen molar-refractivity contribution in [2.75, 3.05) is 19.8 Å². The molecular weight excluding hydrogens is 891 g/mol. The summed E-state index contributed by atoms with van der Waals surface area (Å²) in [6, 6.07) is 45.2. The summed E-state index contributed by atoms with van der Waals surface area (Å²) in [6.45, 7) is 8.36. The maximum absolute atomic E-state index is 9.86. The highest BCUT2D eigenvalue weighted by molar-refractivity contribution is 5.86. The monoisotopic (exact) mass is 953 g/mol. The number of ether oxygens (including phenoxy) is 1. The number of aromatic nitrogens is 3. The minimum absolute atomic E-state index is 0.0946. The Hall–Kier alpha value is -8.12. The van der Waals surface area contributed by atoms with E-state index < -0.39 is 0 Å². The van der Waals surface area contributed by atoms with Crippen molar-refractivity contribution in [3.05, 3.63) is 183 Å². The standard InChI is InChI=1S/C21H23NO3.C20H21NO2.C19H19NO3/c1-2-25-12-6-11-22-14-18(16-7-4-3-5-8-16)19(15-22)17-9-10-20(23)21(24)13-17;1-2-3-11-21-13-17(15-7-5-4-6-8-15)18(14-21)16-9-10-19(22)20(23)12-16;21-10-4-9-20-12-16(14-5-2-1-3-6-14)17(13-20)15-7-8-18(22)19(23)11-15/h3-5,7-10,13-15,23-24H,2,6,11-12H2,1H3;4-10,12-14,22-23H,2-3,11H2,1H3;1-3,5-8,11-13,21-23H,4,9-10H2. The number of aliphatic hydroxyl groups excluding tert-OH is 1. The summed E-state index contributed by atoms with van der Waals surface area (Å²) in [4.78, 5) is 0. The van der Waals surface area contributed by atoms with Crippen molar-refractivity contribution in [3.63, 3.8) is 0 Å². The number of unbranched alkanes of at least 4 members (excludes halogenated alkanes) is 1. The Morgan fingerprint density at radius 2 is 0.662 bits per heavy atom. The molecule has 0 saturated heterocycles. The van der Waals surface area contributed by atoms with Crippen LogP contribution in [0.5, 0.6) is 34.5 Å². The molecule has 11 nitrogen and oxygen atoms in total. The normalized spacial score (nSPS) is 10.9. The van der Waals surface area contributed by atoms with Crippen molar-refractivity contribution in [2.24, 2.45) is 0 Å². The fourth-order valence-electron chi connectivity index (χ4n) is 8.31. The van der Waals surface area contributed by atoms with Crippen LogP contribution in [-0.2, 0) is 24.4 Å². The van der Waals surface area contributed by atoms with Gasteiger partial charge in [-0.05, 0) is 96.0 Å². The SMILES string of the molecule is CCCCn1cc(-c2ccccc2)c(-c2ccc(O)c(O)c2)c1.CCOCCCn1cc(-c2ccccc2)c(-c2ccc(O)c(O)c2)c1.OCCCn1cc(-c2ccccc2)c(-c2ccc(O)c(O)c2)c1. The van der Waals surface area contributed by atoms with Crippen LogP contribution in [0.1, 0.15) is 39.5 Å². The van der Waals surface area contributed by atoms with Crippen molar-refractivity contribution in [2.45, 2.75) is 59.2 Å². The van der Waals surface area contributed by atoms with Crippen LogP contribution in [-0.4, -0.2) is 69.3 Å². The van der Waals surface area contributed by atoms with E-state index in [-0.39, 0.29) is 41.1 Å². The first-order valence-electron chi connectivity index (χ1n) is 24.1. The molecule has 0 bridgehead atoms. The zero-order valence-corrected chi connectivity index (χ0v) is 40.3. The highest BCUT2D eigenvalue weighted by Gasteiger charge is 2.16. The minimum Gasteiger partial charge on any atom is -0.504 e. The predicted molar refractivity (Wildman–Crippen MR) is 284 cm³/mol. The maximum Gasteiger partial charge on any atom is 0.158 e. The van der Waals surface area contributed by atoms with Crippen LogP contribution in [0.2, 0.25) is 0 Å². The number of hydrogen-bond acceptors (Lipinski definition) is 8. The van der Waals surface area contributed by atoms with Crippen LogP contribution in [0.15, 0.2) is 183 Å². The topological polar surface area (TPSA) is 166 Å². The fraction of sp³-hybridized carbons (Fsp3) is 0.200. The summed E-state index contributed by atoms with van der Waals surface area (Å²) in [5.74, 6) is -0.677. The molecular formula is C60H63N3O8. The van der Waals surface area contributed by atoms with E-state index in [0.717, 1.165) is 119 Å². The van der Waals surface area contributed by atoms with Crippen LogP contribution < -0.4 is 0 Å². The molecule has 0 spiro atoms. The van der Waals surface area contributed by atoms with Crippen LogP contribution >= 0.6 is 0 Å². The lowest BCUT2D eigenvalue weighted by molar-refractivity contribution is 0.141. The van der Waals surface area contributed by atoms with Crippen molar-refractivity contribution < 1.29 is 40.5 Å². The first-order valence-corrected chi connectivity index (χ1v) is 24.1. The Balaban J connectivity index is 0.000000157. The molecule has 9 aromatic rings. The van der Waals surface area contributed by atoms with E-state index in [1.165, 1.54) is 18.2 Å². The Morgan fingerprint density at radius 3 is 0.958 bits per heavy atom. The van der Waals surface area contributed by atoms with Crippen LogP contribution in [0.3, 0.4) is 0 Å². The molecule has 11 heteroatoms. The van der Waals surface area contributed by atoms with Gasteiger partial charge in [-0.3, -0.25) is 0 Å². The quantitative estimate of drug-likeness (QED) is 0.0350. The molecule has 3 aromatic heterocycles. The van der Waals surface area contributed by atoms with Crippen molar-refractivity contribution >= 4 is 0 Å². The van der Waals surface area contributed by atoms with E-state index in [1.54, 1.807) is 24.3 Å². The second kappa shape index (κ2) is 24.9. The van der Waals surface area contributed by atoms with E-state index in [4.69, 9.17) is 9.84 Å². The molecule has 3 heterocycles. The average molecular weight is 954 g/mol. The zero-order chi connectivity index (χ0) is 50.1. The molecule has 0 radical (unpaired) electrons. The maximum atomic E-state index is 9.86. The number of phenolic OH excluding ortho intramolecular Hbond substituents is 6. The summed E-state index contributed by atoms with van der Waals surface area (Å²) >= 11 is 0. The molecule has 0 aliphatic rings. The Kier molecular flexibility index (Phi) is 17.8. The molecule has 0 fully saturated rings. The predicted octanol–water partition coefficient (Wildman–Crippen LogP) is 13.3. The number of aryl methyl sites for hydroxylation is 3. The molecule has 0 aliphatic heterocycles. The first-order chi connectivity index (χ1) is 34.6. The Morgan fingerprint density at radius 1 is 0.352 bits per heavy atom. The first kappa shape index (κ1) is 50.7. The molecule has 9 rings (SSSR count). The summed E-state index contributed by atoms with van der Waals surface area (Å²) in [6.07, 6.45) is 16.4. The third kappa shape index (κ3) is 13.4. The second-order valence-electron chi connectivity index (χ2n) is 17.2. The third-order valence-corrected chi connectivity index (χ3v) is 12.0. The van der Waals surface area contributed by atoms with Gasteiger partial charge in [0.15, 0.2) is 34.5 Å². The summed E-state index contributed by atoms with van der Waals surface area (Å²) in [7, 11) is 0. The number of aliphatic hydroxyl groups is 1. The number of rotatable bonds is 17. The van der Waals surface area contributed by atoms with Crippen LogP contribution in [0, 0.1) is 0 Å². The largest absolute Gasteiger partial charge is 0.504 e. The minimum atomic E-state index is -0.135. The van der Waals surface area contributed by atoms with Gasteiger partial charge in [0.25, 0.3) is 0 Å². The van der Waals surface area contributed by atoms with Gasteiger partial charge >= 0.3 is 0 Å². The molecule has 0 atom stereocenters. The lowest BCUT2D eigenvalue weighted by Crippen LogP contribution is -2.00. The number of hydrogen-bond donors (Lipinski definition) is 7. The lowest BCUT2D eigenvalue weighted by atomic mass is 9.99. The fourth-order valence-corrected chi connectivity index (χ4v) is 8.31. The van der Waals surface area contributed by atoms with Gasteiger partial charge in [0.2, 0.25) is 0 Å². The van der Waals surface area contributed by atoms with Crippen LogP contribution in [0.25, 0.3) is 66.8 Å². The molecule has 7 N–H and O–H groups in total.